The molecule has 1 aliphatic carbocycles. The highest BCUT2D eigenvalue weighted by atomic mass is 16.2. The van der Waals surface area contributed by atoms with Gasteiger partial charge in [-0.05, 0) is 44.7 Å². The summed E-state index contributed by atoms with van der Waals surface area (Å²) in [4.78, 5) is 14.1. The zero-order valence-corrected chi connectivity index (χ0v) is 10.4. The van der Waals surface area contributed by atoms with Crippen LogP contribution in [0.15, 0.2) is 0 Å². The van der Waals surface area contributed by atoms with Gasteiger partial charge in [0.15, 0.2) is 0 Å². The van der Waals surface area contributed by atoms with Gasteiger partial charge in [-0.15, -0.1) is 0 Å². The van der Waals surface area contributed by atoms with Crippen molar-refractivity contribution in [2.24, 2.45) is 5.92 Å². The molecule has 16 heavy (non-hydrogen) atoms. The first-order valence-electron chi connectivity index (χ1n) is 6.77. The molecule has 92 valence electrons. The van der Waals surface area contributed by atoms with Crippen LogP contribution in [0.5, 0.6) is 0 Å². The molecule has 1 N–H and O–H groups in total. The summed E-state index contributed by atoms with van der Waals surface area (Å²) >= 11 is 0. The lowest BCUT2D eigenvalue weighted by Crippen LogP contribution is -2.45. The number of carbonyl (C=O) groups is 1. The molecule has 3 heteroatoms. The van der Waals surface area contributed by atoms with Crippen molar-refractivity contribution in [1.29, 1.82) is 0 Å². The molecule has 3 nitrogen and oxygen atoms in total. The van der Waals surface area contributed by atoms with Gasteiger partial charge >= 0.3 is 0 Å². The van der Waals surface area contributed by atoms with Crippen molar-refractivity contribution < 1.29 is 4.79 Å². The number of carbonyl (C=O) groups excluding carboxylic acids is 1. The molecule has 0 bridgehead atoms. The molecule has 0 aromatic heterocycles. The van der Waals surface area contributed by atoms with Crippen LogP contribution in [0.1, 0.15) is 45.4 Å². The number of likely N-dealkylation sites (tertiary alicyclic amines) is 1. The molecule has 1 aliphatic heterocycles. The third-order valence-electron chi connectivity index (χ3n) is 4.02. The quantitative estimate of drug-likeness (QED) is 0.792. The predicted octanol–water partition coefficient (Wildman–Crippen LogP) is 1.78. The Bertz CT molecular complexity index is 236. The molecule has 0 aromatic rings. The van der Waals surface area contributed by atoms with Crippen molar-refractivity contribution in [2.45, 2.75) is 51.5 Å². The van der Waals surface area contributed by atoms with Gasteiger partial charge in [0.2, 0.25) is 5.91 Å². The van der Waals surface area contributed by atoms with Gasteiger partial charge in [-0.25, -0.2) is 0 Å². The number of hydrogen-bond donors (Lipinski definition) is 1. The molecule has 1 saturated heterocycles. The summed E-state index contributed by atoms with van der Waals surface area (Å²) in [7, 11) is 0. The number of rotatable bonds is 3. The monoisotopic (exact) mass is 224 g/mol. The Labute approximate surface area is 98.6 Å². The minimum Gasteiger partial charge on any atom is -0.352 e. The first-order chi connectivity index (χ1) is 7.75. The highest BCUT2D eigenvalue weighted by Gasteiger charge is 2.23. The van der Waals surface area contributed by atoms with E-state index in [1.165, 1.54) is 38.5 Å². The van der Waals surface area contributed by atoms with E-state index in [9.17, 15) is 4.79 Å². The summed E-state index contributed by atoms with van der Waals surface area (Å²) < 4.78 is 0. The number of nitrogens with one attached hydrogen (secondary N) is 1. The second-order valence-corrected chi connectivity index (χ2v) is 5.42. The largest absolute Gasteiger partial charge is 0.352 e. The van der Waals surface area contributed by atoms with E-state index in [2.05, 4.69) is 17.1 Å². The van der Waals surface area contributed by atoms with Crippen LogP contribution in [-0.4, -0.2) is 36.5 Å². The molecule has 0 spiro atoms. The van der Waals surface area contributed by atoms with E-state index in [1.807, 2.05) is 0 Å². The van der Waals surface area contributed by atoms with Crippen LogP contribution in [0.25, 0.3) is 0 Å². The Morgan fingerprint density at radius 1 is 1.19 bits per heavy atom. The first-order valence-corrected chi connectivity index (χ1v) is 6.77. The highest BCUT2D eigenvalue weighted by molar-refractivity contribution is 5.78. The topological polar surface area (TPSA) is 32.3 Å². The Hall–Kier alpha value is -0.570. The molecule has 0 radical (unpaired) electrons. The third kappa shape index (κ3) is 3.21. The van der Waals surface area contributed by atoms with Gasteiger partial charge in [-0.2, -0.15) is 0 Å². The van der Waals surface area contributed by atoms with Crippen LogP contribution < -0.4 is 5.32 Å². The van der Waals surface area contributed by atoms with Gasteiger partial charge in [-0.1, -0.05) is 19.8 Å². The highest BCUT2D eigenvalue weighted by Crippen LogP contribution is 2.23. The van der Waals surface area contributed by atoms with Crippen LogP contribution in [0.3, 0.4) is 0 Å². The fourth-order valence-electron chi connectivity index (χ4n) is 2.93. The number of nitrogens with zero attached hydrogens (tertiary/aromatic N) is 1. The van der Waals surface area contributed by atoms with Crippen molar-refractivity contribution in [3.8, 4) is 0 Å². The van der Waals surface area contributed by atoms with E-state index in [0.29, 0.717) is 18.5 Å². The molecule has 2 aliphatic rings. The van der Waals surface area contributed by atoms with Crippen LogP contribution in [0, 0.1) is 5.92 Å². The van der Waals surface area contributed by atoms with Crippen LogP contribution in [-0.2, 0) is 4.79 Å². The average molecular weight is 224 g/mol. The van der Waals surface area contributed by atoms with Crippen molar-refractivity contribution in [2.75, 3.05) is 19.6 Å². The normalized spacial score (nSPS) is 31.6. The fourth-order valence-corrected chi connectivity index (χ4v) is 2.93. The third-order valence-corrected chi connectivity index (χ3v) is 4.02. The van der Waals surface area contributed by atoms with Gasteiger partial charge in [0.25, 0.3) is 0 Å². The lowest BCUT2D eigenvalue weighted by atomic mass is 9.86. The van der Waals surface area contributed by atoms with Gasteiger partial charge < -0.3 is 5.32 Å². The van der Waals surface area contributed by atoms with E-state index in [4.69, 9.17) is 0 Å². The number of amides is 1. The molecule has 1 heterocycles. The van der Waals surface area contributed by atoms with Crippen molar-refractivity contribution in [1.82, 2.24) is 10.2 Å². The molecule has 2 atom stereocenters. The summed E-state index contributed by atoms with van der Waals surface area (Å²) in [6, 6.07) is 0.434. The van der Waals surface area contributed by atoms with Gasteiger partial charge in [-0.3, -0.25) is 9.69 Å². The lowest BCUT2D eigenvalue weighted by Gasteiger charge is -2.30. The molecular weight excluding hydrogens is 200 g/mol. The minimum absolute atomic E-state index is 0.237. The van der Waals surface area contributed by atoms with Crippen molar-refractivity contribution in [3.05, 3.63) is 0 Å². The predicted molar refractivity (Wildman–Crippen MR) is 65.2 cm³/mol. The molecule has 2 rings (SSSR count). The maximum atomic E-state index is 11.9. The SMILES string of the molecule is C[C@@H]1CCCC[C@H]1NC(=O)CN1CCCC1. The number of hydrogen-bond acceptors (Lipinski definition) is 2. The Balaban J connectivity index is 1.72. The standard InChI is InChI=1S/C13H24N2O/c1-11-6-2-3-7-12(11)14-13(16)10-15-8-4-5-9-15/h11-12H,2-10H2,1H3,(H,14,16)/t11-,12-/m1/s1. The van der Waals surface area contributed by atoms with Gasteiger partial charge in [0.1, 0.15) is 0 Å². The molecule has 1 amide bonds. The van der Waals surface area contributed by atoms with E-state index in [1.54, 1.807) is 0 Å². The van der Waals surface area contributed by atoms with E-state index < -0.39 is 0 Å². The molecule has 0 unspecified atom stereocenters. The first kappa shape index (κ1) is 11.9. The summed E-state index contributed by atoms with van der Waals surface area (Å²) in [6.07, 6.45) is 7.57. The maximum Gasteiger partial charge on any atom is 0.234 e. The summed E-state index contributed by atoms with van der Waals surface area (Å²) in [5, 5.41) is 3.21. The smallest absolute Gasteiger partial charge is 0.234 e. The van der Waals surface area contributed by atoms with E-state index in [-0.39, 0.29) is 5.91 Å². The Kier molecular flexibility index (Phi) is 4.22. The Morgan fingerprint density at radius 3 is 2.56 bits per heavy atom. The minimum atomic E-state index is 0.237. The molecule has 2 fully saturated rings. The summed E-state index contributed by atoms with van der Waals surface area (Å²) in [5.41, 5.74) is 0. The second kappa shape index (κ2) is 5.67. The summed E-state index contributed by atoms with van der Waals surface area (Å²) in [5.74, 6) is 0.900. The average Bonchev–Trinajstić information content (AvgIpc) is 2.74. The van der Waals surface area contributed by atoms with Crippen molar-refractivity contribution in [3.63, 3.8) is 0 Å². The lowest BCUT2D eigenvalue weighted by molar-refractivity contribution is -0.123. The van der Waals surface area contributed by atoms with Crippen LogP contribution in [0.2, 0.25) is 0 Å². The van der Waals surface area contributed by atoms with Crippen LogP contribution >= 0.6 is 0 Å². The van der Waals surface area contributed by atoms with E-state index in [0.717, 1.165) is 13.1 Å². The Morgan fingerprint density at radius 2 is 1.88 bits per heavy atom. The molecule has 0 aromatic carbocycles. The zero-order valence-electron chi connectivity index (χ0n) is 10.4. The van der Waals surface area contributed by atoms with Gasteiger partial charge in [0.05, 0.1) is 6.54 Å². The maximum absolute atomic E-state index is 11.9. The van der Waals surface area contributed by atoms with Gasteiger partial charge in [0, 0.05) is 6.04 Å². The van der Waals surface area contributed by atoms with Crippen molar-refractivity contribution >= 4 is 5.91 Å². The summed E-state index contributed by atoms with van der Waals surface area (Å²) in [6.45, 7) is 5.09. The van der Waals surface area contributed by atoms with Crippen LogP contribution in [0.4, 0.5) is 0 Å². The van der Waals surface area contributed by atoms with E-state index >= 15 is 0 Å². The fraction of sp³-hybridized carbons (Fsp3) is 0.923. The zero-order chi connectivity index (χ0) is 11.4. The second-order valence-electron chi connectivity index (χ2n) is 5.42. The molecule has 1 saturated carbocycles. The molecular formula is C13H24N2O.